The van der Waals surface area contributed by atoms with Crippen LogP contribution in [-0.4, -0.2) is 48.6 Å². The highest BCUT2D eigenvalue weighted by Crippen LogP contribution is 2.44. The van der Waals surface area contributed by atoms with Crippen molar-refractivity contribution in [1.82, 2.24) is 29.9 Å². The lowest BCUT2D eigenvalue weighted by molar-refractivity contribution is -0.117. The average Bonchev–Trinajstić information content (AvgIpc) is 3.19. The minimum Gasteiger partial charge on any atom is -0.349 e. The molecule has 0 unspecified atom stereocenters. The Morgan fingerprint density at radius 1 is 1.23 bits per heavy atom. The zero-order valence-corrected chi connectivity index (χ0v) is 22.3. The predicted molar refractivity (Wildman–Crippen MR) is 138 cm³/mol. The molecular weight excluding hydrogens is 533 g/mol. The highest BCUT2D eigenvalue weighted by Gasteiger charge is 2.41. The lowest BCUT2D eigenvalue weighted by atomic mass is 9.89. The lowest BCUT2D eigenvalue weighted by Crippen LogP contribution is -2.45. The van der Waals surface area contributed by atoms with E-state index >= 15 is 0 Å². The van der Waals surface area contributed by atoms with Crippen molar-refractivity contribution in [3.63, 3.8) is 0 Å². The van der Waals surface area contributed by atoms with Crippen molar-refractivity contribution in [2.24, 2.45) is 18.9 Å². The van der Waals surface area contributed by atoms with Crippen LogP contribution in [0.4, 0.5) is 29.9 Å². The Bertz CT molecular complexity index is 1410. The Morgan fingerprint density at radius 2 is 2.00 bits per heavy atom. The van der Waals surface area contributed by atoms with Crippen molar-refractivity contribution in [3.05, 3.63) is 34.1 Å². The molecule has 208 valence electrons. The van der Waals surface area contributed by atoms with Crippen LogP contribution in [0, 0.1) is 11.8 Å². The van der Waals surface area contributed by atoms with Crippen molar-refractivity contribution < 1.29 is 22.8 Å². The molecule has 2 amide bonds. The second-order valence-corrected chi connectivity index (χ2v) is 11.8. The van der Waals surface area contributed by atoms with Gasteiger partial charge in [-0.2, -0.15) is 5.10 Å². The van der Waals surface area contributed by atoms with Gasteiger partial charge in [-0.15, -0.1) is 21.5 Å². The first-order valence-corrected chi connectivity index (χ1v) is 13.9. The fourth-order valence-electron chi connectivity index (χ4n) is 5.37. The van der Waals surface area contributed by atoms with Crippen molar-refractivity contribution >= 4 is 39.9 Å². The van der Waals surface area contributed by atoms with E-state index in [9.17, 15) is 22.8 Å². The maximum Gasteiger partial charge on any atom is 0.282 e. The fraction of sp³-hybridized carbons (Fsp3) is 0.560. The summed E-state index contributed by atoms with van der Waals surface area (Å²) in [5.41, 5.74) is 0.951. The summed E-state index contributed by atoms with van der Waals surface area (Å²) in [5.74, 6) is 0.610. The minimum absolute atomic E-state index is 0.0463. The summed E-state index contributed by atoms with van der Waals surface area (Å²) < 4.78 is 42.8. The van der Waals surface area contributed by atoms with Crippen LogP contribution >= 0.6 is 11.3 Å². The molecule has 3 atom stereocenters. The number of hydrogen-bond acceptors (Lipinski definition) is 7. The van der Waals surface area contributed by atoms with Gasteiger partial charge < -0.3 is 16.0 Å². The molecule has 2 saturated carbocycles. The number of hydrogen-bond donors (Lipinski definition) is 3. The van der Waals surface area contributed by atoms with Crippen LogP contribution in [0.15, 0.2) is 12.4 Å². The second kappa shape index (κ2) is 9.96. The van der Waals surface area contributed by atoms with E-state index in [2.05, 4.69) is 31.2 Å². The number of nitrogens with zero attached hydrogens (tertiary/aromatic N) is 5. The summed E-state index contributed by atoms with van der Waals surface area (Å²) in [4.78, 5) is 27.3. The molecule has 39 heavy (non-hydrogen) atoms. The number of nitrogens with one attached hydrogen (secondary N) is 3. The van der Waals surface area contributed by atoms with E-state index in [-0.39, 0.29) is 35.5 Å². The van der Waals surface area contributed by atoms with Crippen LogP contribution in [0.2, 0.25) is 0 Å². The lowest BCUT2D eigenvalue weighted by Gasteiger charge is -2.31. The van der Waals surface area contributed by atoms with Gasteiger partial charge in [0.25, 0.3) is 12.3 Å². The zero-order chi connectivity index (χ0) is 27.4. The molecule has 3 aromatic heterocycles. The first-order chi connectivity index (χ1) is 18.7. The molecule has 0 saturated heterocycles. The summed E-state index contributed by atoms with van der Waals surface area (Å²) in [6.45, 7) is 2.02. The summed E-state index contributed by atoms with van der Waals surface area (Å²) in [7, 11) is 1.56. The maximum atomic E-state index is 13.4. The van der Waals surface area contributed by atoms with Crippen molar-refractivity contribution in [3.8, 4) is 0 Å². The zero-order valence-electron chi connectivity index (χ0n) is 21.5. The smallest absolute Gasteiger partial charge is 0.282 e. The van der Waals surface area contributed by atoms with E-state index in [0.717, 1.165) is 23.3 Å². The quantitative estimate of drug-likeness (QED) is 0.377. The molecule has 2 fully saturated rings. The van der Waals surface area contributed by atoms with Crippen molar-refractivity contribution in [1.29, 1.82) is 0 Å². The van der Waals surface area contributed by atoms with E-state index < -0.39 is 12.6 Å². The largest absolute Gasteiger partial charge is 0.349 e. The van der Waals surface area contributed by atoms with E-state index in [1.54, 1.807) is 13.4 Å². The van der Waals surface area contributed by atoms with Crippen LogP contribution in [0.1, 0.15) is 71.6 Å². The molecule has 0 aliphatic heterocycles. The van der Waals surface area contributed by atoms with Crippen molar-refractivity contribution in [2.75, 3.05) is 10.6 Å². The molecule has 14 heteroatoms. The number of carbonyl (C=O) groups excluding carboxylic acids is 2. The number of aromatic nitrogens is 5. The minimum atomic E-state index is -2.70. The van der Waals surface area contributed by atoms with Crippen LogP contribution < -0.4 is 16.0 Å². The number of amides is 2. The van der Waals surface area contributed by atoms with Crippen LogP contribution in [0.25, 0.3) is 0 Å². The third-order valence-electron chi connectivity index (χ3n) is 7.89. The van der Waals surface area contributed by atoms with E-state index in [0.29, 0.717) is 53.9 Å². The summed E-state index contributed by atoms with van der Waals surface area (Å²) in [6, 6.07) is 0.923. The molecule has 10 nitrogen and oxygen atoms in total. The molecule has 0 spiro atoms. The Kier molecular flexibility index (Phi) is 6.60. The van der Waals surface area contributed by atoms with Crippen molar-refractivity contribution in [2.45, 2.75) is 70.1 Å². The second-order valence-electron chi connectivity index (χ2n) is 10.7. The molecule has 0 radical (unpaired) electrons. The molecule has 3 heterocycles. The SMILES string of the molecule is C[C@H]1C[C@@H]1C(=O)Nc1sc2c(c1C(=O)NC1CC(F)C1)C[C@@H](n1cnnc1Nc1cc(C(F)F)nn1C)CC2. The molecule has 0 aromatic carbocycles. The number of aryl methyl sites for hydroxylation is 2. The Hall–Kier alpha value is -3.42. The van der Waals surface area contributed by atoms with Gasteiger partial charge in [0.05, 0.1) is 5.56 Å². The van der Waals surface area contributed by atoms with Crippen LogP contribution in [-0.2, 0) is 24.7 Å². The number of carbonyl (C=O) groups is 2. The first kappa shape index (κ1) is 25.8. The number of halogens is 3. The van der Waals surface area contributed by atoms with Gasteiger partial charge in [-0.3, -0.25) is 18.8 Å². The topological polar surface area (TPSA) is 119 Å². The van der Waals surface area contributed by atoms with E-state index in [1.807, 2.05) is 11.5 Å². The summed E-state index contributed by atoms with van der Waals surface area (Å²) in [5, 5.41) is 21.5. The van der Waals surface area contributed by atoms with Gasteiger partial charge in [-0.05, 0) is 50.0 Å². The third kappa shape index (κ3) is 5.01. The molecule has 3 aliphatic carbocycles. The average molecular weight is 563 g/mol. The van der Waals surface area contributed by atoms with Gasteiger partial charge in [-0.25, -0.2) is 13.2 Å². The number of fused-ring (bicyclic) bond motifs is 1. The van der Waals surface area contributed by atoms with Crippen LogP contribution in [0.5, 0.6) is 0 Å². The normalized spacial score (nSPS) is 25.6. The Labute approximate surface area is 226 Å². The number of anilines is 3. The van der Waals surface area contributed by atoms with Gasteiger partial charge >= 0.3 is 0 Å². The summed E-state index contributed by atoms with van der Waals surface area (Å²) in [6.07, 6.45) is 1.28. The molecule has 6 rings (SSSR count). The predicted octanol–water partition coefficient (Wildman–Crippen LogP) is 4.31. The molecule has 3 aromatic rings. The maximum absolute atomic E-state index is 13.4. The van der Waals surface area contributed by atoms with Gasteiger partial charge in [0.1, 0.15) is 29.0 Å². The van der Waals surface area contributed by atoms with Gasteiger partial charge in [0.2, 0.25) is 11.9 Å². The van der Waals surface area contributed by atoms with Gasteiger partial charge in [0, 0.05) is 36.0 Å². The molecule has 0 bridgehead atoms. The standard InChI is InChI=1S/C25H29F3N8O2S/c1-11-5-15(11)22(37)32-24-20(23(38)30-13-6-12(26)7-13)16-8-14(3-4-18(16)39-24)36-10-29-33-25(36)31-19-9-17(21(27)28)34-35(19)2/h9-15,21H,3-8H2,1-2H3,(H,30,38)(H,31,33)(H,32,37)/t11-,12?,13?,14-,15-/m0/s1. The third-order valence-corrected chi connectivity index (χ3v) is 9.10. The fourth-order valence-corrected chi connectivity index (χ4v) is 6.62. The van der Waals surface area contributed by atoms with Crippen LogP contribution in [0.3, 0.4) is 0 Å². The highest BCUT2D eigenvalue weighted by molar-refractivity contribution is 7.17. The highest BCUT2D eigenvalue weighted by atomic mass is 32.1. The van der Waals surface area contributed by atoms with E-state index in [4.69, 9.17) is 0 Å². The summed E-state index contributed by atoms with van der Waals surface area (Å²) >= 11 is 1.43. The van der Waals surface area contributed by atoms with E-state index in [1.165, 1.54) is 22.1 Å². The number of thiophene rings is 1. The Morgan fingerprint density at radius 3 is 2.67 bits per heavy atom. The monoisotopic (exact) mass is 562 g/mol. The Balaban J connectivity index is 1.26. The number of rotatable bonds is 8. The molecule has 3 N–H and O–H groups in total. The number of alkyl halides is 3. The molecule has 3 aliphatic rings. The first-order valence-electron chi connectivity index (χ1n) is 13.1. The van der Waals surface area contributed by atoms with Gasteiger partial charge in [-0.1, -0.05) is 6.92 Å². The molecular formula is C25H29F3N8O2S. The van der Waals surface area contributed by atoms with Gasteiger partial charge in [0.15, 0.2) is 0 Å².